The fourth-order valence-electron chi connectivity index (χ4n) is 3.15. The topological polar surface area (TPSA) is 35.5 Å². The molecule has 160 valence electrons. The zero-order valence-electron chi connectivity index (χ0n) is 17.3. The summed E-state index contributed by atoms with van der Waals surface area (Å²) in [6, 6.07) is 0.528. The van der Waals surface area contributed by atoms with E-state index in [1.165, 1.54) is 25.7 Å². The number of ether oxygens (including phenoxy) is 2. The van der Waals surface area contributed by atoms with Gasteiger partial charge in [-0.1, -0.05) is 65.2 Å². The highest BCUT2D eigenvalue weighted by Gasteiger charge is 2.26. The lowest BCUT2D eigenvalue weighted by molar-refractivity contribution is 0.0243. The molecule has 1 aromatic carbocycles. The van der Waals surface area contributed by atoms with E-state index in [0.29, 0.717) is 18.9 Å². The monoisotopic (exact) mass is 402 g/mol. The zero-order valence-corrected chi connectivity index (χ0v) is 17.3. The van der Waals surface area contributed by atoms with Crippen molar-refractivity contribution in [1.29, 1.82) is 0 Å². The van der Waals surface area contributed by atoms with Crippen molar-refractivity contribution in [2.45, 2.75) is 90.6 Å². The number of unbranched alkanes of at least 4 members (excludes halogenated alkanes) is 7. The van der Waals surface area contributed by atoms with Crippen LogP contribution in [-0.2, 0) is 4.74 Å². The molecule has 0 fully saturated rings. The summed E-state index contributed by atoms with van der Waals surface area (Å²) < 4.78 is 51.5. The Morgan fingerprint density at radius 1 is 0.893 bits per heavy atom. The fraction of sp³-hybridized carbons (Fsp3) is 0.682. The van der Waals surface area contributed by atoms with Gasteiger partial charge in [-0.3, -0.25) is 0 Å². The normalized spacial score (nSPS) is 12.1. The molecule has 3 nitrogen and oxygen atoms in total. The van der Waals surface area contributed by atoms with Gasteiger partial charge in [0.2, 0.25) is 5.82 Å². The summed E-state index contributed by atoms with van der Waals surface area (Å²) in [5, 5.41) is 0. The molecular formula is C22H33F3O3. The molecule has 0 bridgehead atoms. The molecule has 28 heavy (non-hydrogen) atoms. The van der Waals surface area contributed by atoms with E-state index in [-0.39, 0.29) is 6.10 Å². The van der Waals surface area contributed by atoms with E-state index in [1.807, 2.05) is 6.92 Å². The first-order chi connectivity index (χ1) is 13.5. The van der Waals surface area contributed by atoms with Crippen LogP contribution in [0.1, 0.15) is 94.8 Å². The molecule has 0 radical (unpaired) electrons. The van der Waals surface area contributed by atoms with Gasteiger partial charge in [0.25, 0.3) is 0 Å². The van der Waals surface area contributed by atoms with E-state index >= 15 is 0 Å². The van der Waals surface area contributed by atoms with Gasteiger partial charge in [-0.25, -0.2) is 13.6 Å². The van der Waals surface area contributed by atoms with Crippen molar-refractivity contribution in [1.82, 2.24) is 0 Å². The largest absolute Gasteiger partial charge is 0.491 e. The minimum absolute atomic E-state index is 0.360. The Bertz CT molecular complexity index is 605. The lowest BCUT2D eigenvalue weighted by Gasteiger charge is -2.18. The number of carbonyl (C=O) groups is 1. The van der Waals surface area contributed by atoms with E-state index in [9.17, 15) is 18.0 Å². The zero-order chi connectivity index (χ0) is 20.9. The third-order valence-corrected chi connectivity index (χ3v) is 4.82. The molecule has 0 heterocycles. The molecule has 1 rings (SSSR count). The van der Waals surface area contributed by atoms with Gasteiger partial charge in [0.1, 0.15) is 11.7 Å². The van der Waals surface area contributed by atoms with Crippen LogP contribution in [0.15, 0.2) is 6.07 Å². The quantitative estimate of drug-likeness (QED) is 0.191. The number of esters is 1. The summed E-state index contributed by atoms with van der Waals surface area (Å²) in [6.45, 7) is 4.21. The lowest BCUT2D eigenvalue weighted by Crippen LogP contribution is -2.20. The Balaban J connectivity index is 2.68. The highest BCUT2D eigenvalue weighted by molar-refractivity contribution is 5.90. The van der Waals surface area contributed by atoms with Crippen LogP contribution in [0, 0.1) is 17.5 Å². The molecule has 1 atom stereocenters. The number of methoxy groups -OCH3 is 1. The maximum Gasteiger partial charge on any atom is 0.341 e. The predicted octanol–water partition coefficient (Wildman–Crippen LogP) is 6.97. The van der Waals surface area contributed by atoms with Crippen molar-refractivity contribution in [2.75, 3.05) is 7.11 Å². The second-order valence-corrected chi connectivity index (χ2v) is 7.15. The fourth-order valence-corrected chi connectivity index (χ4v) is 3.15. The molecule has 6 heteroatoms. The maximum atomic E-state index is 14.3. The Morgan fingerprint density at radius 3 is 2.07 bits per heavy atom. The second kappa shape index (κ2) is 13.5. The number of carbonyl (C=O) groups excluding carboxylic acids is 1. The van der Waals surface area contributed by atoms with Crippen molar-refractivity contribution in [3.63, 3.8) is 0 Å². The van der Waals surface area contributed by atoms with Crippen molar-refractivity contribution < 1.29 is 27.4 Å². The number of halogens is 3. The molecule has 0 aliphatic heterocycles. The molecule has 0 saturated heterocycles. The van der Waals surface area contributed by atoms with Crippen LogP contribution in [0.25, 0.3) is 0 Å². The van der Waals surface area contributed by atoms with E-state index < -0.39 is 34.7 Å². The minimum atomic E-state index is -1.46. The summed E-state index contributed by atoms with van der Waals surface area (Å²) in [6.07, 6.45) is 10.8. The predicted molar refractivity (Wildman–Crippen MR) is 104 cm³/mol. The Kier molecular flexibility index (Phi) is 11.7. The van der Waals surface area contributed by atoms with Crippen LogP contribution in [0.3, 0.4) is 0 Å². The van der Waals surface area contributed by atoms with Crippen molar-refractivity contribution >= 4 is 5.97 Å². The van der Waals surface area contributed by atoms with Gasteiger partial charge in [-0.2, -0.15) is 4.39 Å². The van der Waals surface area contributed by atoms with Gasteiger partial charge in [-0.05, 0) is 25.3 Å². The van der Waals surface area contributed by atoms with Gasteiger partial charge in [0.15, 0.2) is 17.4 Å². The van der Waals surface area contributed by atoms with E-state index in [4.69, 9.17) is 4.74 Å². The molecule has 0 amide bonds. The molecule has 0 aromatic heterocycles. The van der Waals surface area contributed by atoms with Crippen LogP contribution in [-0.4, -0.2) is 19.2 Å². The number of benzene rings is 1. The lowest BCUT2D eigenvalue weighted by atomic mass is 10.0. The average Bonchev–Trinajstić information content (AvgIpc) is 2.68. The van der Waals surface area contributed by atoms with Gasteiger partial charge in [0.05, 0.1) is 7.11 Å². The van der Waals surface area contributed by atoms with Crippen molar-refractivity contribution in [3.8, 4) is 5.75 Å². The summed E-state index contributed by atoms with van der Waals surface area (Å²) >= 11 is 0. The molecule has 0 N–H and O–H groups in total. The molecule has 0 saturated carbocycles. The molecule has 1 unspecified atom stereocenters. The molecule has 0 aliphatic carbocycles. The molecule has 0 spiro atoms. The van der Waals surface area contributed by atoms with Gasteiger partial charge in [-0.15, -0.1) is 0 Å². The minimum Gasteiger partial charge on any atom is -0.491 e. The van der Waals surface area contributed by atoms with Crippen molar-refractivity contribution in [2.24, 2.45) is 0 Å². The number of hydrogen-bond acceptors (Lipinski definition) is 3. The SMILES string of the molecule is CCCCCCCCCC(CCCC)OC(=O)c1cc(F)c(F)c(OC)c1F. The highest BCUT2D eigenvalue weighted by Crippen LogP contribution is 2.28. The Labute approximate surface area is 166 Å². The van der Waals surface area contributed by atoms with Gasteiger partial charge >= 0.3 is 5.97 Å². The average molecular weight is 402 g/mol. The molecule has 0 aliphatic rings. The summed E-state index contributed by atoms with van der Waals surface area (Å²) in [7, 11) is 1.01. The summed E-state index contributed by atoms with van der Waals surface area (Å²) in [4.78, 5) is 12.4. The van der Waals surface area contributed by atoms with Gasteiger partial charge in [0, 0.05) is 0 Å². The standard InChI is InChI=1S/C22H33F3O3/c1-4-6-8-9-10-11-12-14-16(13-7-5-2)28-22(26)17-15-18(23)20(25)21(27-3)19(17)24/h15-16H,4-14H2,1-3H3. The van der Waals surface area contributed by atoms with Gasteiger partial charge < -0.3 is 9.47 Å². The number of rotatable bonds is 14. The summed E-state index contributed by atoms with van der Waals surface area (Å²) in [5.74, 6) is -5.94. The summed E-state index contributed by atoms with van der Waals surface area (Å²) in [5.41, 5.74) is -0.642. The van der Waals surface area contributed by atoms with Crippen molar-refractivity contribution in [3.05, 3.63) is 29.1 Å². The molecule has 1 aromatic rings. The third-order valence-electron chi connectivity index (χ3n) is 4.82. The maximum absolute atomic E-state index is 14.3. The first-order valence-corrected chi connectivity index (χ1v) is 10.4. The smallest absolute Gasteiger partial charge is 0.341 e. The van der Waals surface area contributed by atoms with Crippen LogP contribution in [0.2, 0.25) is 0 Å². The Hall–Kier alpha value is -1.72. The Morgan fingerprint density at radius 2 is 1.46 bits per heavy atom. The van der Waals surface area contributed by atoms with E-state index in [2.05, 4.69) is 11.7 Å². The first kappa shape index (κ1) is 24.3. The number of hydrogen-bond donors (Lipinski definition) is 0. The van der Waals surface area contributed by atoms with Crippen LogP contribution >= 0.6 is 0 Å². The first-order valence-electron chi connectivity index (χ1n) is 10.4. The van der Waals surface area contributed by atoms with E-state index in [1.54, 1.807) is 0 Å². The van der Waals surface area contributed by atoms with E-state index in [0.717, 1.165) is 39.2 Å². The van der Waals surface area contributed by atoms with Crippen LogP contribution in [0.5, 0.6) is 5.75 Å². The molecular weight excluding hydrogens is 369 g/mol. The highest BCUT2D eigenvalue weighted by atomic mass is 19.2. The second-order valence-electron chi connectivity index (χ2n) is 7.15. The van der Waals surface area contributed by atoms with Crippen LogP contribution in [0.4, 0.5) is 13.2 Å². The van der Waals surface area contributed by atoms with Crippen LogP contribution < -0.4 is 4.74 Å². The third kappa shape index (κ3) is 7.72.